The molecule has 1 aliphatic heterocycles. The monoisotopic (exact) mass is 695 g/mol. The van der Waals surface area contributed by atoms with Crippen LogP contribution in [-0.2, 0) is 17.9 Å². The number of carboxylic acids is 1. The summed E-state index contributed by atoms with van der Waals surface area (Å²) in [4.78, 5) is 28.1. The summed E-state index contributed by atoms with van der Waals surface area (Å²) in [5, 5.41) is 36.8. The van der Waals surface area contributed by atoms with Gasteiger partial charge in [-0.2, -0.15) is 5.26 Å². The van der Waals surface area contributed by atoms with Crippen molar-refractivity contribution in [1.82, 2.24) is 25.2 Å². The fourth-order valence-electron chi connectivity index (χ4n) is 7.00. The maximum atomic E-state index is 11.8. The number of pyridine rings is 2. The zero-order chi connectivity index (χ0) is 36.6. The van der Waals surface area contributed by atoms with E-state index >= 15 is 0 Å². The Hall–Kier alpha value is -5.67. The van der Waals surface area contributed by atoms with Gasteiger partial charge >= 0.3 is 5.97 Å². The number of likely N-dealkylation sites (tertiary alicyclic amines) is 1. The van der Waals surface area contributed by atoms with Crippen LogP contribution in [0.25, 0.3) is 44.6 Å². The van der Waals surface area contributed by atoms with Crippen molar-refractivity contribution >= 4 is 39.5 Å². The van der Waals surface area contributed by atoms with E-state index in [4.69, 9.17) is 14.4 Å². The van der Waals surface area contributed by atoms with Gasteiger partial charge in [-0.3, -0.25) is 14.7 Å². The molecule has 3 aromatic carbocycles. The number of anilines is 2. The number of nitrogens with one attached hydrogen (secondary N) is 2. The fourth-order valence-corrected chi connectivity index (χ4v) is 7.00. The molecule has 52 heavy (non-hydrogen) atoms. The average molecular weight is 696 g/mol. The van der Waals surface area contributed by atoms with E-state index in [1.54, 1.807) is 13.1 Å². The summed E-state index contributed by atoms with van der Waals surface area (Å²) in [5.74, 6) is 0.305. The molecular formula is C41H41N7O4. The smallest absolute Gasteiger partial charge is 0.310 e. The van der Waals surface area contributed by atoms with Crippen LogP contribution < -0.4 is 10.6 Å². The van der Waals surface area contributed by atoms with E-state index in [0.29, 0.717) is 61.0 Å². The number of fused-ring (bicyclic) bond motifs is 2. The number of rotatable bonds is 11. The van der Waals surface area contributed by atoms with Crippen molar-refractivity contribution in [3.8, 4) is 28.7 Å². The predicted molar refractivity (Wildman–Crippen MR) is 201 cm³/mol. The van der Waals surface area contributed by atoms with Crippen molar-refractivity contribution in [2.24, 2.45) is 5.41 Å². The molecule has 3 aromatic heterocycles. The third-order valence-electron chi connectivity index (χ3n) is 10.2. The van der Waals surface area contributed by atoms with E-state index < -0.39 is 11.4 Å². The zero-order valence-corrected chi connectivity index (χ0v) is 29.7. The van der Waals surface area contributed by atoms with Crippen LogP contribution in [0.1, 0.15) is 48.1 Å². The molecule has 264 valence electrons. The summed E-state index contributed by atoms with van der Waals surface area (Å²) in [6, 6.07) is 22.2. The van der Waals surface area contributed by atoms with Gasteiger partial charge in [0, 0.05) is 54.7 Å². The highest BCUT2D eigenvalue weighted by Gasteiger charge is 2.40. The fraction of sp³-hybridized carbons (Fsp3) is 0.293. The van der Waals surface area contributed by atoms with E-state index in [1.165, 1.54) is 0 Å². The number of hydrogen-bond acceptors (Lipinski definition) is 10. The number of aromatic nitrogens is 3. The minimum Gasteiger partial charge on any atom is -0.481 e. The van der Waals surface area contributed by atoms with Crippen LogP contribution in [0, 0.1) is 30.6 Å². The van der Waals surface area contributed by atoms with Gasteiger partial charge in [0.05, 0.1) is 17.6 Å². The van der Waals surface area contributed by atoms with E-state index in [1.807, 2.05) is 62.5 Å². The number of oxazole rings is 1. The molecule has 1 fully saturated rings. The molecule has 0 bridgehead atoms. The Morgan fingerprint density at radius 3 is 2.58 bits per heavy atom. The number of aliphatic hydroxyl groups is 1. The molecule has 0 radical (unpaired) electrons. The highest BCUT2D eigenvalue weighted by molar-refractivity contribution is 5.91. The maximum absolute atomic E-state index is 11.8. The Morgan fingerprint density at radius 2 is 1.83 bits per heavy atom. The molecule has 6 aromatic rings. The normalized spacial score (nSPS) is 16.7. The lowest BCUT2D eigenvalue weighted by atomic mass is 9.90. The second kappa shape index (κ2) is 14.2. The van der Waals surface area contributed by atoms with Crippen LogP contribution >= 0.6 is 0 Å². The minimum absolute atomic E-state index is 0.00345. The van der Waals surface area contributed by atoms with Gasteiger partial charge in [-0.15, -0.1) is 0 Å². The van der Waals surface area contributed by atoms with Gasteiger partial charge in [0.1, 0.15) is 17.1 Å². The molecule has 1 unspecified atom stereocenters. The summed E-state index contributed by atoms with van der Waals surface area (Å²) in [7, 11) is 0. The second-order valence-electron chi connectivity index (χ2n) is 14.1. The van der Waals surface area contributed by atoms with Crippen molar-refractivity contribution < 1.29 is 19.4 Å². The average Bonchev–Trinajstić information content (AvgIpc) is 3.75. The van der Waals surface area contributed by atoms with E-state index in [0.717, 1.165) is 55.5 Å². The molecule has 0 spiro atoms. The van der Waals surface area contributed by atoms with Gasteiger partial charge in [0.15, 0.2) is 11.4 Å². The Morgan fingerprint density at radius 1 is 1.06 bits per heavy atom. The Bertz CT molecular complexity index is 2360. The SMILES string of the molecule is Cc1c(Nc2nccc3cc(CNC(C)CO)cnc23)cccc1-c1cccc(-c2nc3cc(CN4CC[C@@](C)(C(=O)O)C4)cc(C#N)c3o2)c1C. The van der Waals surface area contributed by atoms with Crippen LogP contribution in [0.4, 0.5) is 11.5 Å². The van der Waals surface area contributed by atoms with Crippen LogP contribution in [0.2, 0.25) is 0 Å². The van der Waals surface area contributed by atoms with Gasteiger partial charge in [0.25, 0.3) is 0 Å². The highest BCUT2D eigenvalue weighted by atomic mass is 16.4. The number of benzene rings is 3. The Balaban J connectivity index is 1.17. The standard InChI is InChI=1S/C41H41N7O4/c1-24(22-49)44-19-28-16-29-11-13-43-38(36(29)45-20-28)46-34-10-6-8-32(26(34)3)31-7-5-9-33(25(31)2)39-47-35-17-27(15-30(18-42)37(35)52-39)21-48-14-12-41(4,23-48)40(50)51/h5-11,13,15-17,20,24,44,49H,12,14,19,21-23H2,1-4H3,(H,43,46)(H,50,51)/t24?,41-/m1/s1. The zero-order valence-electron chi connectivity index (χ0n) is 29.7. The molecule has 1 aliphatic rings. The molecule has 4 heterocycles. The Kier molecular flexibility index (Phi) is 9.46. The molecule has 0 amide bonds. The van der Waals surface area contributed by atoms with Gasteiger partial charge in [-0.05, 0) is 110 Å². The molecule has 11 nitrogen and oxygen atoms in total. The molecule has 0 aliphatic carbocycles. The van der Waals surface area contributed by atoms with Gasteiger partial charge in [-0.25, -0.2) is 9.97 Å². The van der Waals surface area contributed by atoms with E-state index in [2.05, 4.69) is 51.7 Å². The summed E-state index contributed by atoms with van der Waals surface area (Å²) < 4.78 is 6.28. The van der Waals surface area contributed by atoms with Crippen LogP contribution in [-0.4, -0.2) is 61.8 Å². The van der Waals surface area contributed by atoms with Crippen molar-refractivity contribution in [2.75, 3.05) is 25.0 Å². The molecule has 11 heteroatoms. The molecule has 7 rings (SSSR count). The first-order valence-electron chi connectivity index (χ1n) is 17.4. The van der Waals surface area contributed by atoms with Crippen molar-refractivity contribution in [2.45, 2.75) is 53.2 Å². The number of nitrogens with zero attached hydrogens (tertiary/aromatic N) is 5. The van der Waals surface area contributed by atoms with Crippen molar-refractivity contribution in [3.05, 3.63) is 101 Å². The first-order chi connectivity index (χ1) is 25.1. The van der Waals surface area contributed by atoms with Crippen LogP contribution in [0.5, 0.6) is 0 Å². The van der Waals surface area contributed by atoms with Crippen molar-refractivity contribution in [3.63, 3.8) is 0 Å². The van der Waals surface area contributed by atoms with Gasteiger partial charge in [0.2, 0.25) is 5.89 Å². The Labute approximate surface area is 302 Å². The van der Waals surface area contributed by atoms with Crippen LogP contribution in [0.3, 0.4) is 0 Å². The number of aliphatic carboxylic acids is 1. The van der Waals surface area contributed by atoms with E-state index in [-0.39, 0.29) is 12.6 Å². The van der Waals surface area contributed by atoms with Crippen molar-refractivity contribution in [1.29, 1.82) is 5.26 Å². The molecule has 2 atom stereocenters. The quantitative estimate of drug-likeness (QED) is 0.109. The summed E-state index contributed by atoms with van der Waals surface area (Å²) in [6.07, 6.45) is 4.19. The summed E-state index contributed by atoms with van der Waals surface area (Å²) in [5.41, 5.74) is 9.15. The largest absolute Gasteiger partial charge is 0.481 e. The third-order valence-corrected chi connectivity index (χ3v) is 10.2. The lowest BCUT2D eigenvalue weighted by Crippen LogP contribution is -2.31. The number of nitriles is 1. The lowest BCUT2D eigenvalue weighted by molar-refractivity contribution is -0.147. The molecule has 0 saturated carbocycles. The number of carbonyl (C=O) groups is 1. The first-order valence-corrected chi connectivity index (χ1v) is 17.4. The summed E-state index contributed by atoms with van der Waals surface area (Å²) >= 11 is 0. The molecular weight excluding hydrogens is 654 g/mol. The highest BCUT2D eigenvalue weighted by Crippen LogP contribution is 2.38. The summed E-state index contributed by atoms with van der Waals surface area (Å²) in [6.45, 7) is 10.2. The minimum atomic E-state index is -0.785. The van der Waals surface area contributed by atoms with E-state index in [9.17, 15) is 20.3 Å². The lowest BCUT2D eigenvalue weighted by Gasteiger charge is -2.20. The third kappa shape index (κ3) is 6.72. The molecule has 1 saturated heterocycles. The number of carboxylic acid groups (broad SMARTS) is 1. The number of hydrogen-bond donors (Lipinski definition) is 4. The predicted octanol–water partition coefficient (Wildman–Crippen LogP) is 7.10. The molecule has 4 N–H and O–H groups in total. The van der Waals surface area contributed by atoms with Gasteiger partial charge in [-0.1, -0.05) is 24.3 Å². The number of aliphatic hydroxyl groups excluding tert-OH is 1. The maximum Gasteiger partial charge on any atom is 0.310 e. The van der Waals surface area contributed by atoms with Crippen LogP contribution in [0.15, 0.2) is 77.5 Å². The second-order valence-corrected chi connectivity index (χ2v) is 14.1. The van der Waals surface area contributed by atoms with Gasteiger partial charge < -0.3 is 25.3 Å². The topological polar surface area (TPSA) is 160 Å². The first kappa shape index (κ1) is 34.8.